The number of anilines is 1. The first-order valence-electron chi connectivity index (χ1n) is 6.36. The molecule has 2 aromatic carbocycles. The van der Waals surface area contributed by atoms with Crippen molar-refractivity contribution in [2.45, 2.75) is 6.92 Å². The molecule has 0 unspecified atom stereocenters. The first-order chi connectivity index (χ1) is 10.2. The van der Waals surface area contributed by atoms with Crippen molar-refractivity contribution in [1.82, 2.24) is 8.75 Å². The minimum absolute atomic E-state index is 0.197. The third-order valence-corrected chi connectivity index (χ3v) is 3.75. The number of carbonyl (C=O) groups excluding carboxylic acids is 1. The van der Waals surface area contributed by atoms with E-state index in [1.165, 1.54) is 0 Å². The number of benzene rings is 2. The lowest BCUT2D eigenvalue weighted by Crippen LogP contribution is -2.13. The molecule has 6 heteroatoms. The molecule has 1 N–H and O–H groups in total. The molecule has 1 aromatic heterocycles. The third-order valence-electron chi connectivity index (χ3n) is 3.21. The number of methoxy groups -OCH3 is 1. The van der Waals surface area contributed by atoms with Crippen LogP contribution in [0.5, 0.6) is 5.75 Å². The summed E-state index contributed by atoms with van der Waals surface area (Å²) in [4.78, 5) is 12.4. The van der Waals surface area contributed by atoms with Gasteiger partial charge in [-0.2, -0.15) is 8.75 Å². The first-order valence-corrected chi connectivity index (χ1v) is 7.09. The van der Waals surface area contributed by atoms with Crippen LogP contribution in [0.25, 0.3) is 11.0 Å². The molecule has 0 aliphatic heterocycles. The largest absolute Gasteiger partial charge is 0.497 e. The Morgan fingerprint density at radius 1 is 1.24 bits per heavy atom. The quantitative estimate of drug-likeness (QED) is 0.806. The topological polar surface area (TPSA) is 64.1 Å². The van der Waals surface area contributed by atoms with Crippen molar-refractivity contribution < 1.29 is 9.53 Å². The predicted molar refractivity (Wildman–Crippen MR) is 83.1 cm³/mol. The number of hydrogen-bond donors (Lipinski definition) is 1. The maximum Gasteiger partial charge on any atom is 0.255 e. The summed E-state index contributed by atoms with van der Waals surface area (Å²) in [5.41, 5.74) is 3.69. The van der Waals surface area contributed by atoms with Crippen LogP contribution in [0.2, 0.25) is 0 Å². The van der Waals surface area contributed by atoms with Crippen molar-refractivity contribution in [3.63, 3.8) is 0 Å². The maximum atomic E-state index is 12.4. The molecule has 0 atom stereocenters. The highest BCUT2D eigenvalue weighted by molar-refractivity contribution is 7.00. The molecule has 1 amide bonds. The Balaban J connectivity index is 1.96. The van der Waals surface area contributed by atoms with Gasteiger partial charge >= 0.3 is 0 Å². The van der Waals surface area contributed by atoms with Gasteiger partial charge in [-0.15, -0.1) is 0 Å². The van der Waals surface area contributed by atoms with Gasteiger partial charge in [0, 0.05) is 5.56 Å². The van der Waals surface area contributed by atoms with Crippen molar-refractivity contribution in [3.05, 3.63) is 47.5 Å². The second-order valence-corrected chi connectivity index (χ2v) is 5.10. The van der Waals surface area contributed by atoms with Crippen molar-refractivity contribution in [3.8, 4) is 5.75 Å². The summed E-state index contributed by atoms with van der Waals surface area (Å²) in [7, 11) is 1.57. The lowest BCUT2D eigenvalue weighted by atomic mass is 10.1. The Kier molecular flexibility index (Phi) is 3.53. The molecule has 0 saturated carbocycles. The van der Waals surface area contributed by atoms with Gasteiger partial charge in [0.05, 0.1) is 24.5 Å². The molecule has 3 aromatic rings. The summed E-state index contributed by atoms with van der Waals surface area (Å²) in [6, 6.07) is 10.8. The lowest BCUT2D eigenvalue weighted by molar-refractivity contribution is 0.102. The molecule has 0 radical (unpaired) electrons. The summed E-state index contributed by atoms with van der Waals surface area (Å²) in [5, 5.41) is 2.92. The first kappa shape index (κ1) is 13.5. The van der Waals surface area contributed by atoms with E-state index in [2.05, 4.69) is 14.1 Å². The number of nitrogens with one attached hydrogen (secondary N) is 1. The van der Waals surface area contributed by atoms with Crippen molar-refractivity contribution in [2.75, 3.05) is 12.4 Å². The number of fused-ring (bicyclic) bond motifs is 1. The summed E-state index contributed by atoms with van der Waals surface area (Å²) in [5.74, 6) is 0.449. The molecule has 0 aliphatic rings. The van der Waals surface area contributed by atoms with E-state index >= 15 is 0 Å². The van der Waals surface area contributed by atoms with Crippen LogP contribution in [0, 0.1) is 6.92 Å². The highest BCUT2D eigenvalue weighted by atomic mass is 32.1. The van der Waals surface area contributed by atoms with Gasteiger partial charge in [0.1, 0.15) is 16.8 Å². The van der Waals surface area contributed by atoms with Gasteiger partial charge < -0.3 is 10.1 Å². The number of rotatable bonds is 3. The molecule has 0 bridgehead atoms. The van der Waals surface area contributed by atoms with E-state index in [-0.39, 0.29) is 5.91 Å². The summed E-state index contributed by atoms with van der Waals surface area (Å²) in [6.45, 7) is 1.93. The van der Waals surface area contributed by atoms with Crippen LogP contribution >= 0.6 is 11.7 Å². The van der Waals surface area contributed by atoms with E-state index in [0.29, 0.717) is 17.0 Å². The van der Waals surface area contributed by atoms with Gasteiger partial charge in [0.25, 0.3) is 5.91 Å². The Labute approximate surface area is 125 Å². The highest BCUT2D eigenvalue weighted by Gasteiger charge is 2.13. The molecule has 0 aliphatic carbocycles. The van der Waals surface area contributed by atoms with E-state index in [1.807, 2.05) is 19.1 Å². The zero-order chi connectivity index (χ0) is 14.8. The number of carbonyl (C=O) groups is 1. The number of amides is 1. The maximum absolute atomic E-state index is 12.4. The van der Waals surface area contributed by atoms with E-state index in [4.69, 9.17) is 4.74 Å². The van der Waals surface area contributed by atoms with Crippen molar-refractivity contribution in [2.24, 2.45) is 0 Å². The fourth-order valence-corrected chi connectivity index (χ4v) is 2.60. The average molecular weight is 299 g/mol. The Morgan fingerprint density at radius 2 is 2.10 bits per heavy atom. The van der Waals surface area contributed by atoms with Gasteiger partial charge in [-0.1, -0.05) is 12.1 Å². The molecule has 21 heavy (non-hydrogen) atoms. The number of nitrogens with zero attached hydrogens (tertiary/aromatic N) is 2. The third kappa shape index (κ3) is 2.57. The summed E-state index contributed by atoms with van der Waals surface area (Å²) < 4.78 is 13.6. The van der Waals surface area contributed by atoms with Crippen LogP contribution in [-0.2, 0) is 0 Å². The molecular weight excluding hydrogens is 286 g/mol. The predicted octanol–water partition coefficient (Wildman–Crippen LogP) is 3.26. The molecule has 1 heterocycles. The minimum Gasteiger partial charge on any atom is -0.497 e. The van der Waals surface area contributed by atoms with Crippen LogP contribution in [0.1, 0.15) is 15.9 Å². The molecule has 106 valence electrons. The fraction of sp³-hybridized carbons (Fsp3) is 0.133. The minimum atomic E-state index is -0.197. The number of aromatic nitrogens is 2. The van der Waals surface area contributed by atoms with Gasteiger partial charge in [0.15, 0.2) is 0 Å². The number of ether oxygens (including phenoxy) is 1. The molecule has 5 nitrogen and oxygen atoms in total. The van der Waals surface area contributed by atoms with Crippen LogP contribution in [-0.4, -0.2) is 21.8 Å². The van der Waals surface area contributed by atoms with Crippen LogP contribution in [0.15, 0.2) is 36.4 Å². The number of hydrogen-bond acceptors (Lipinski definition) is 5. The molecule has 3 rings (SSSR count). The SMILES string of the molecule is COc1cccc(C(=O)Nc2c(C)ccc3nsnc23)c1. The molecule has 0 spiro atoms. The van der Waals surface area contributed by atoms with Gasteiger partial charge in [-0.25, -0.2) is 0 Å². The molecule has 0 fully saturated rings. The summed E-state index contributed by atoms with van der Waals surface area (Å²) in [6.07, 6.45) is 0. The van der Waals surface area contributed by atoms with Crippen LogP contribution in [0.3, 0.4) is 0 Å². The average Bonchev–Trinajstić information content (AvgIpc) is 2.99. The van der Waals surface area contributed by atoms with Crippen molar-refractivity contribution in [1.29, 1.82) is 0 Å². The summed E-state index contributed by atoms with van der Waals surface area (Å²) >= 11 is 1.13. The fourth-order valence-electron chi connectivity index (χ4n) is 2.06. The van der Waals surface area contributed by atoms with Gasteiger partial charge in [-0.3, -0.25) is 4.79 Å². The van der Waals surface area contributed by atoms with E-state index in [1.54, 1.807) is 31.4 Å². The van der Waals surface area contributed by atoms with Gasteiger partial charge in [-0.05, 0) is 36.8 Å². The van der Waals surface area contributed by atoms with E-state index in [9.17, 15) is 4.79 Å². The Hall–Kier alpha value is -2.47. The number of aryl methyl sites for hydroxylation is 1. The Morgan fingerprint density at radius 3 is 2.90 bits per heavy atom. The van der Waals surface area contributed by atoms with E-state index in [0.717, 1.165) is 28.3 Å². The molecule has 0 saturated heterocycles. The van der Waals surface area contributed by atoms with Crippen molar-refractivity contribution >= 4 is 34.4 Å². The van der Waals surface area contributed by atoms with E-state index < -0.39 is 0 Å². The van der Waals surface area contributed by atoms with Crippen LogP contribution < -0.4 is 10.1 Å². The molecular formula is C15H13N3O2S. The highest BCUT2D eigenvalue weighted by Crippen LogP contribution is 2.26. The lowest BCUT2D eigenvalue weighted by Gasteiger charge is -2.09. The second kappa shape index (κ2) is 5.49. The standard InChI is InChI=1S/C15H13N3O2S/c1-9-6-7-12-14(18-21-17-12)13(9)16-15(19)10-4-3-5-11(8-10)20-2/h3-8H,1-2H3,(H,16,19). The zero-order valence-corrected chi connectivity index (χ0v) is 12.4. The monoisotopic (exact) mass is 299 g/mol. The Bertz CT molecular complexity index is 814. The van der Waals surface area contributed by atoms with Crippen LogP contribution in [0.4, 0.5) is 5.69 Å². The smallest absolute Gasteiger partial charge is 0.255 e. The zero-order valence-electron chi connectivity index (χ0n) is 11.6. The van der Waals surface area contributed by atoms with Gasteiger partial charge in [0.2, 0.25) is 0 Å². The second-order valence-electron chi connectivity index (χ2n) is 4.58. The normalized spacial score (nSPS) is 10.6.